The van der Waals surface area contributed by atoms with Crippen LogP contribution in [0.5, 0.6) is 0 Å². The third-order valence-corrected chi connectivity index (χ3v) is 3.25. The number of aliphatic hydroxyl groups excluding tert-OH is 1. The smallest absolute Gasteiger partial charge is 0.0575 e. The van der Waals surface area contributed by atoms with Crippen molar-refractivity contribution in [2.75, 3.05) is 13.6 Å². The van der Waals surface area contributed by atoms with E-state index in [1.807, 2.05) is 6.92 Å². The van der Waals surface area contributed by atoms with E-state index in [2.05, 4.69) is 39.6 Å². The molecular weight excluding hydrogens is 174 g/mol. The minimum atomic E-state index is -0.251. The topological polar surface area (TPSA) is 23.5 Å². The Balaban J connectivity index is 4.10. The van der Waals surface area contributed by atoms with E-state index in [4.69, 9.17) is 0 Å². The largest absolute Gasteiger partial charge is 0.393 e. The van der Waals surface area contributed by atoms with E-state index >= 15 is 0 Å². The average molecular weight is 201 g/mol. The Bertz CT molecular complexity index is 154. The summed E-state index contributed by atoms with van der Waals surface area (Å²) in [6.07, 6.45) is 2.20. The standard InChI is InChI=1S/C12H27NO/c1-7-8-10(2)13(6)9-12(4,5)11(3)14/h10-11,14H,7-9H2,1-6H3. The molecule has 0 aliphatic carbocycles. The lowest BCUT2D eigenvalue weighted by Gasteiger charge is -2.35. The van der Waals surface area contributed by atoms with Gasteiger partial charge in [0.15, 0.2) is 0 Å². The van der Waals surface area contributed by atoms with Gasteiger partial charge in [-0.2, -0.15) is 0 Å². The summed E-state index contributed by atoms with van der Waals surface area (Å²) < 4.78 is 0. The maximum atomic E-state index is 9.61. The van der Waals surface area contributed by atoms with Crippen LogP contribution in [0.15, 0.2) is 0 Å². The highest BCUT2D eigenvalue weighted by atomic mass is 16.3. The zero-order chi connectivity index (χ0) is 11.4. The van der Waals surface area contributed by atoms with Crippen LogP contribution in [0.2, 0.25) is 0 Å². The first-order valence-corrected chi connectivity index (χ1v) is 5.69. The first kappa shape index (κ1) is 13.9. The van der Waals surface area contributed by atoms with Crippen molar-refractivity contribution >= 4 is 0 Å². The summed E-state index contributed by atoms with van der Waals surface area (Å²) in [6, 6.07) is 0.609. The maximum Gasteiger partial charge on any atom is 0.0575 e. The van der Waals surface area contributed by atoms with Gasteiger partial charge < -0.3 is 10.0 Å². The predicted octanol–water partition coefficient (Wildman–Crippen LogP) is 2.51. The van der Waals surface area contributed by atoms with Crippen molar-refractivity contribution in [1.82, 2.24) is 4.90 Å². The van der Waals surface area contributed by atoms with Gasteiger partial charge in [-0.3, -0.25) is 0 Å². The van der Waals surface area contributed by atoms with Crippen LogP contribution in [0.1, 0.15) is 47.5 Å². The first-order valence-electron chi connectivity index (χ1n) is 5.69. The molecule has 0 radical (unpaired) electrons. The predicted molar refractivity (Wildman–Crippen MR) is 62.5 cm³/mol. The quantitative estimate of drug-likeness (QED) is 0.714. The minimum Gasteiger partial charge on any atom is -0.393 e. The normalized spacial score (nSPS) is 17.1. The Labute approximate surface area is 89.3 Å². The van der Waals surface area contributed by atoms with Crippen LogP contribution < -0.4 is 0 Å². The van der Waals surface area contributed by atoms with Gasteiger partial charge in [-0.1, -0.05) is 27.2 Å². The van der Waals surface area contributed by atoms with Crippen molar-refractivity contribution in [3.63, 3.8) is 0 Å². The Morgan fingerprint density at radius 3 is 2.14 bits per heavy atom. The molecule has 0 amide bonds. The van der Waals surface area contributed by atoms with Crippen molar-refractivity contribution in [3.8, 4) is 0 Å². The van der Waals surface area contributed by atoms with Gasteiger partial charge in [-0.05, 0) is 27.3 Å². The van der Waals surface area contributed by atoms with Crippen LogP contribution in [0.25, 0.3) is 0 Å². The molecular formula is C12H27NO. The van der Waals surface area contributed by atoms with E-state index < -0.39 is 0 Å². The summed E-state index contributed by atoms with van der Waals surface area (Å²) in [5.41, 5.74) is -0.0171. The van der Waals surface area contributed by atoms with E-state index in [0.29, 0.717) is 6.04 Å². The van der Waals surface area contributed by atoms with E-state index in [0.717, 1.165) is 6.54 Å². The van der Waals surface area contributed by atoms with Gasteiger partial charge in [0.1, 0.15) is 0 Å². The van der Waals surface area contributed by atoms with Gasteiger partial charge in [0, 0.05) is 18.0 Å². The molecule has 0 aromatic carbocycles. The number of rotatable bonds is 6. The second-order valence-electron chi connectivity index (χ2n) is 5.22. The minimum absolute atomic E-state index is 0.0171. The molecule has 0 heterocycles. The summed E-state index contributed by atoms with van der Waals surface area (Å²) >= 11 is 0. The van der Waals surface area contributed by atoms with Crippen molar-refractivity contribution in [1.29, 1.82) is 0 Å². The molecule has 2 unspecified atom stereocenters. The molecule has 0 bridgehead atoms. The zero-order valence-electron chi connectivity index (χ0n) is 10.7. The van der Waals surface area contributed by atoms with Gasteiger partial charge >= 0.3 is 0 Å². The Morgan fingerprint density at radius 1 is 1.29 bits per heavy atom. The molecule has 0 saturated heterocycles. The first-order chi connectivity index (χ1) is 6.31. The number of hydrogen-bond donors (Lipinski definition) is 1. The number of aliphatic hydroxyl groups is 1. The molecule has 14 heavy (non-hydrogen) atoms. The van der Waals surface area contributed by atoms with Crippen LogP contribution in [0, 0.1) is 5.41 Å². The molecule has 86 valence electrons. The molecule has 0 saturated carbocycles. The van der Waals surface area contributed by atoms with Crippen molar-refractivity contribution in [2.24, 2.45) is 5.41 Å². The SMILES string of the molecule is CCCC(C)N(C)CC(C)(C)C(C)O. The van der Waals surface area contributed by atoms with E-state index in [1.54, 1.807) is 0 Å². The maximum absolute atomic E-state index is 9.61. The Morgan fingerprint density at radius 2 is 1.79 bits per heavy atom. The number of nitrogens with zero attached hydrogens (tertiary/aromatic N) is 1. The number of hydrogen-bond acceptors (Lipinski definition) is 2. The molecule has 0 spiro atoms. The Kier molecular flexibility index (Phi) is 5.68. The molecule has 0 rings (SSSR count). The highest BCUT2D eigenvalue weighted by molar-refractivity contribution is 4.79. The van der Waals surface area contributed by atoms with Gasteiger partial charge in [-0.15, -0.1) is 0 Å². The van der Waals surface area contributed by atoms with Crippen LogP contribution in [0.3, 0.4) is 0 Å². The lowest BCUT2D eigenvalue weighted by atomic mass is 9.86. The average Bonchev–Trinajstić information content (AvgIpc) is 2.03. The fraction of sp³-hybridized carbons (Fsp3) is 1.00. The molecule has 0 aliphatic heterocycles. The van der Waals surface area contributed by atoms with Crippen LogP contribution in [-0.2, 0) is 0 Å². The third kappa shape index (κ3) is 4.43. The molecule has 0 fully saturated rings. The molecule has 1 N–H and O–H groups in total. The molecule has 2 atom stereocenters. The van der Waals surface area contributed by atoms with Crippen molar-refractivity contribution in [2.45, 2.75) is 59.6 Å². The Hall–Kier alpha value is -0.0800. The lowest BCUT2D eigenvalue weighted by Crippen LogP contribution is -2.42. The van der Waals surface area contributed by atoms with E-state index in [9.17, 15) is 5.11 Å². The third-order valence-electron chi connectivity index (χ3n) is 3.25. The second kappa shape index (κ2) is 5.72. The lowest BCUT2D eigenvalue weighted by molar-refractivity contribution is 0.0314. The van der Waals surface area contributed by atoms with Gasteiger partial charge in [-0.25, -0.2) is 0 Å². The zero-order valence-corrected chi connectivity index (χ0v) is 10.7. The van der Waals surface area contributed by atoms with Gasteiger partial charge in [0.05, 0.1) is 6.10 Å². The monoisotopic (exact) mass is 201 g/mol. The van der Waals surface area contributed by atoms with Crippen LogP contribution in [-0.4, -0.2) is 35.7 Å². The van der Waals surface area contributed by atoms with Crippen molar-refractivity contribution < 1.29 is 5.11 Å². The molecule has 0 aromatic rings. The van der Waals surface area contributed by atoms with Crippen LogP contribution in [0.4, 0.5) is 0 Å². The highest BCUT2D eigenvalue weighted by Gasteiger charge is 2.26. The molecule has 2 nitrogen and oxygen atoms in total. The van der Waals surface area contributed by atoms with Gasteiger partial charge in [0.2, 0.25) is 0 Å². The fourth-order valence-corrected chi connectivity index (χ4v) is 1.57. The van der Waals surface area contributed by atoms with Crippen LogP contribution >= 0.6 is 0 Å². The summed E-state index contributed by atoms with van der Waals surface area (Å²) in [4.78, 5) is 2.34. The van der Waals surface area contributed by atoms with E-state index in [-0.39, 0.29) is 11.5 Å². The van der Waals surface area contributed by atoms with Crippen molar-refractivity contribution in [3.05, 3.63) is 0 Å². The summed E-state index contributed by atoms with van der Waals surface area (Å²) in [5, 5.41) is 9.61. The molecule has 0 aromatic heterocycles. The summed E-state index contributed by atoms with van der Waals surface area (Å²) in [7, 11) is 2.14. The molecule has 0 aliphatic rings. The second-order valence-corrected chi connectivity index (χ2v) is 5.22. The molecule has 2 heteroatoms. The highest BCUT2D eigenvalue weighted by Crippen LogP contribution is 2.22. The fourth-order valence-electron chi connectivity index (χ4n) is 1.57. The summed E-state index contributed by atoms with van der Waals surface area (Å²) in [5.74, 6) is 0. The van der Waals surface area contributed by atoms with E-state index in [1.165, 1.54) is 12.8 Å². The summed E-state index contributed by atoms with van der Waals surface area (Å²) in [6.45, 7) is 11.5. The van der Waals surface area contributed by atoms with Gasteiger partial charge in [0.25, 0.3) is 0 Å².